The zero-order valence-corrected chi connectivity index (χ0v) is 12.8. The van der Waals surface area contributed by atoms with Gasteiger partial charge in [-0.25, -0.2) is 8.78 Å². The van der Waals surface area contributed by atoms with Crippen molar-refractivity contribution in [3.63, 3.8) is 0 Å². The van der Waals surface area contributed by atoms with E-state index in [-0.39, 0.29) is 20.6 Å². The van der Waals surface area contributed by atoms with Gasteiger partial charge in [0.25, 0.3) is 6.43 Å². The quantitative estimate of drug-likeness (QED) is 0.382. The maximum Gasteiger partial charge on any atom is 0.417 e. The van der Waals surface area contributed by atoms with Crippen LogP contribution in [0.1, 0.15) is 17.6 Å². The number of halogens is 8. The van der Waals surface area contributed by atoms with Crippen LogP contribution in [0.5, 0.6) is 0 Å². The molecule has 0 saturated carbocycles. The first kappa shape index (κ1) is 17.3. The lowest BCUT2D eigenvalue weighted by Crippen LogP contribution is -2.09. The van der Waals surface area contributed by atoms with Gasteiger partial charge in [-0.1, -0.05) is 46.9 Å². The predicted octanol–water partition coefficient (Wildman–Crippen LogP) is 7.27. The molecule has 0 amide bonds. The first-order valence-electron chi connectivity index (χ1n) is 5.76. The fourth-order valence-corrected chi connectivity index (χ4v) is 2.74. The van der Waals surface area contributed by atoms with E-state index in [1.807, 2.05) is 0 Å². The molecule has 0 spiro atoms. The Labute approximate surface area is 137 Å². The number of hydrogen-bond donors (Lipinski definition) is 0. The van der Waals surface area contributed by atoms with Crippen molar-refractivity contribution in [3.8, 4) is 11.1 Å². The van der Waals surface area contributed by atoms with Crippen LogP contribution in [0.4, 0.5) is 22.0 Å². The number of benzene rings is 2. The van der Waals surface area contributed by atoms with E-state index in [9.17, 15) is 22.0 Å². The molecule has 0 radical (unpaired) electrons. The van der Waals surface area contributed by atoms with Gasteiger partial charge in [-0.3, -0.25) is 0 Å². The minimum Gasteiger partial charge on any atom is -0.205 e. The Kier molecular flexibility index (Phi) is 4.90. The molecule has 0 bridgehead atoms. The van der Waals surface area contributed by atoms with Crippen molar-refractivity contribution in [1.82, 2.24) is 0 Å². The molecule has 0 saturated heterocycles. The van der Waals surface area contributed by atoms with Gasteiger partial charge in [-0.05, 0) is 18.2 Å². The molecule has 0 nitrogen and oxygen atoms in total. The molecule has 2 rings (SSSR count). The highest BCUT2D eigenvalue weighted by atomic mass is 35.5. The van der Waals surface area contributed by atoms with Gasteiger partial charge in [0.1, 0.15) is 0 Å². The van der Waals surface area contributed by atoms with E-state index in [0.29, 0.717) is 6.07 Å². The summed E-state index contributed by atoms with van der Waals surface area (Å²) in [4.78, 5) is 0. The van der Waals surface area contributed by atoms with Gasteiger partial charge in [-0.15, -0.1) is 0 Å². The van der Waals surface area contributed by atoms with Crippen LogP contribution in [0, 0.1) is 0 Å². The summed E-state index contributed by atoms with van der Waals surface area (Å²) in [5.74, 6) is 0. The lowest BCUT2D eigenvalue weighted by molar-refractivity contribution is -0.137. The third kappa shape index (κ3) is 3.16. The van der Waals surface area contributed by atoms with E-state index in [2.05, 4.69) is 0 Å². The van der Waals surface area contributed by atoms with Crippen LogP contribution in [-0.4, -0.2) is 0 Å². The molecule has 22 heavy (non-hydrogen) atoms. The van der Waals surface area contributed by atoms with Crippen molar-refractivity contribution in [2.45, 2.75) is 12.6 Å². The fourth-order valence-electron chi connectivity index (χ4n) is 2.02. The number of rotatable bonds is 2. The van der Waals surface area contributed by atoms with E-state index in [1.54, 1.807) is 0 Å². The van der Waals surface area contributed by atoms with Gasteiger partial charge in [0.15, 0.2) is 0 Å². The van der Waals surface area contributed by atoms with Gasteiger partial charge in [0, 0.05) is 16.7 Å². The lowest BCUT2D eigenvalue weighted by Gasteiger charge is -2.19. The molecule has 2 aromatic rings. The standard InChI is InChI=1S/C14H6Cl3F5/c15-8-4-5-9(16)12(17)11(8)10-6(13(18)19)2-1-3-7(10)14(20,21)22/h1-5,13H. The maximum absolute atomic E-state index is 13.2. The summed E-state index contributed by atoms with van der Waals surface area (Å²) in [5.41, 5.74) is -3.20. The van der Waals surface area contributed by atoms with E-state index in [1.165, 1.54) is 12.1 Å². The molecule has 8 heteroatoms. The second kappa shape index (κ2) is 6.22. The van der Waals surface area contributed by atoms with Crippen molar-refractivity contribution < 1.29 is 22.0 Å². The van der Waals surface area contributed by atoms with Crippen LogP contribution < -0.4 is 0 Å². The van der Waals surface area contributed by atoms with Crippen molar-refractivity contribution in [3.05, 3.63) is 56.5 Å². The average molecular weight is 376 g/mol. The third-order valence-electron chi connectivity index (χ3n) is 2.93. The highest BCUT2D eigenvalue weighted by Gasteiger charge is 2.37. The van der Waals surface area contributed by atoms with E-state index >= 15 is 0 Å². The molecular formula is C14H6Cl3F5. The van der Waals surface area contributed by atoms with Gasteiger partial charge >= 0.3 is 6.18 Å². The molecule has 0 N–H and O–H groups in total. The summed E-state index contributed by atoms with van der Waals surface area (Å²) >= 11 is 17.6. The molecule has 2 aromatic carbocycles. The van der Waals surface area contributed by atoms with Crippen LogP contribution in [0.25, 0.3) is 11.1 Å². The second-order valence-electron chi connectivity index (χ2n) is 4.29. The zero-order valence-electron chi connectivity index (χ0n) is 10.5. The molecule has 0 aliphatic heterocycles. The van der Waals surface area contributed by atoms with Crippen molar-refractivity contribution in [1.29, 1.82) is 0 Å². The Bertz CT molecular complexity index is 710. The Morgan fingerprint density at radius 1 is 0.818 bits per heavy atom. The molecular weight excluding hydrogens is 370 g/mol. The minimum atomic E-state index is -4.85. The zero-order chi connectivity index (χ0) is 16.7. The first-order valence-corrected chi connectivity index (χ1v) is 6.90. The molecule has 0 aliphatic rings. The van der Waals surface area contributed by atoms with Crippen molar-refractivity contribution >= 4 is 34.8 Å². The van der Waals surface area contributed by atoms with Gasteiger partial charge in [-0.2, -0.15) is 13.2 Å². The Balaban J connectivity index is 2.93. The summed E-state index contributed by atoms with van der Waals surface area (Å²) in [6, 6.07) is 4.96. The SMILES string of the molecule is FC(F)c1cccc(C(F)(F)F)c1-c1c(Cl)ccc(Cl)c1Cl. The van der Waals surface area contributed by atoms with E-state index in [0.717, 1.165) is 12.1 Å². The predicted molar refractivity (Wildman–Crippen MR) is 76.9 cm³/mol. The van der Waals surface area contributed by atoms with E-state index < -0.39 is 29.3 Å². The van der Waals surface area contributed by atoms with Gasteiger partial charge in [0.2, 0.25) is 0 Å². The van der Waals surface area contributed by atoms with Crippen LogP contribution in [0.15, 0.2) is 30.3 Å². The summed E-state index contributed by atoms with van der Waals surface area (Å²) in [6.07, 6.45) is -7.99. The average Bonchev–Trinajstić information content (AvgIpc) is 2.42. The van der Waals surface area contributed by atoms with Crippen molar-refractivity contribution in [2.75, 3.05) is 0 Å². The Hall–Kier alpha value is -1.04. The number of hydrogen-bond acceptors (Lipinski definition) is 0. The van der Waals surface area contributed by atoms with Gasteiger partial charge in [0.05, 0.1) is 20.6 Å². The molecule has 0 fully saturated rings. The molecule has 0 atom stereocenters. The summed E-state index contributed by atoms with van der Waals surface area (Å²) in [7, 11) is 0. The van der Waals surface area contributed by atoms with Crippen LogP contribution >= 0.6 is 34.8 Å². The molecule has 0 heterocycles. The summed E-state index contributed by atoms with van der Waals surface area (Å²) < 4.78 is 65.8. The maximum atomic E-state index is 13.2. The molecule has 0 aromatic heterocycles. The van der Waals surface area contributed by atoms with Gasteiger partial charge < -0.3 is 0 Å². The monoisotopic (exact) mass is 374 g/mol. The molecule has 0 aliphatic carbocycles. The number of alkyl halides is 5. The van der Waals surface area contributed by atoms with Crippen molar-refractivity contribution in [2.24, 2.45) is 0 Å². The summed E-state index contributed by atoms with van der Waals surface area (Å²) in [6.45, 7) is 0. The first-order chi connectivity index (χ1) is 10.1. The third-order valence-corrected chi connectivity index (χ3v) is 4.05. The topological polar surface area (TPSA) is 0 Å². The fraction of sp³-hybridized carbons (Fsp3) is 0.143. The highest BCUT2D eigenvalue weighted by molar-refractivity contribution is 6.46. The largest absolute Gasteiger partial charge is 0.417 e. The lowest BCUT2D eigenvalue weighted by atomic mass is 9.94. The Morgan fingerprint density at radius 3 is 1.95 bits per heavy atom. The Morgan fingerprint density at radius 2 is 1.41 bits per heavy atom. The van der Waals surface area contributed by atoms with Crippen LogP contribution in [0.3, 0.4) is 0 Å². The normalized spacial score (nSPS) is 12.0. The van der Waals surface area contributed by atoms with Crippen LogP contribution in [0.2, 0.25) is 15.1 Å². The minimum absolute atomic E-state index is 0.0849. The molecule has 0 unspecified atom stereocenters. The summed E-state index contributed by atoms with van der Waals surface area (Å²) in [5, 5.41) is -0.598. The second-order valence-corrected chi connectivity index (χ2v) is 5.48. The van der Waals surface area contributed by atoms with E-state index in [4.69, 9.17) is 34.8 Å². The smallest absolute Gasteiger partial charge is 0.205 e. The highest BCUT2D eigenvalue weighted by Crippen LogP contribution is 2.47. The van der Waals surface area contributed by atoms with Crippen LogP contribution in [-0.2, 0) is 6.18 Å². The molecule has 118 valence electrons.